The van der Waals surface area contributed by atoms with Gasteiger partial charge in [0.1, 0.15) is 0 Å². The fourth-order valence-electron chi connectivity index (χ4n) is 2.30. The summed E-state index contributed by atoms with van der Waals surface area (Å²) in [4.78, 5) is 4.38. The smallest absolute Gasteiger partial charge is 0.388 e. The van der Waals surface area contributed by atoms with E-state index in [4.69, 9.17) is 11.5 Å². The zero-order valence-corrected chi connectivity index (χ0v) is 15.3. The van der Waals surface area contributed by atoms with Crippen molar-refractivity contribution in [3.8, 4) is 0 Å². The summed E-state index contributed by atoms with van der Waals surface area (Å²) in [6.07, 6.45) is 0.133. The SMILES string of the molecule is CC(N)=NC(CCCCCN)Cc1ccc(C(F)(F)F)cc1.Cl.Cl. The van der Waals surface area contributed by atoms with E-state index < -0.39 is 11.7 Å². The number of hydrogen-bond donors (Lipinski definition) is 2. The molecule has 1 rings (SSSR count). The lowest BCUT2D eigenvalue weighted by molar-refractivity contribution is -0.137. The number of halogens is 5. The summed E-state index contributed by atoms with van der Waals surface area (Å²) < 4.78 is 37.6. The molecule has 1 unspecified atom stereocenters. The highest BCUT2D eigenvalue weighted by Crippen LogP contribution is 2.29. The predicted molar refractivity (Wildman–Crippen MR) is 98.3 cm³/mol. The quantitative estimate of drug-likeness (QED) is 0.395. The first kappa shape index (κ1) is 25.3. The number of unbranched alkanes of at least 4 members (excludes halogenated alkanes) is 2. The molecule has 0 saturated heterocycles. The maximum atomic E-state index is 12.5. The van der Waals surface area contributed by atoms with E-state index in [2.05, 4.69) is 4.99 Å². The van der Waals surface area contributed by atoms with E-state index in [0.29, 0.717) is 18.8 Å². The monoisotopic (exact) mass is 387 g/mol. The van der Waals surface area contributed by atoms with Crippen LogP contribution in [0.3, 0.4) is 0 Å². The second-order valence-electron chi connectivity index (χ2n) is 5.46. The molecule has 1 aromatic carbocycles. The van der Waals surface area contributed by atoms with E-state index in [1.165, 1.54) is 12.1 Å². The van der Waals surface area contributed by atoms with Gasteiger partial charge in [-0.1, -0.05) is 25.0 Å². The summed E-state index contributed by atoms with van der Waals surface area (Å²) in [5.41, 5.74) is 11.3. The molecule has 0 bridgehead atoms. The van der Waals surface area contributed by atoms with Gasteiger partial charge in [-0.25, -0.2) is 0 Å². The van der Waals surface area contributed by atoms with Gasteiger partial charge < -0.3 is 11.5 Å². The van der Waals surface area contributed by atoms with E-state index in [-0.39, 0.29) is 30.9 Å². The molecule has 4 N–H and O–H groups in total. The van der Waals surface area contributed by atoms with Crippen LogP contribution < -0.4 is 11.5 Å². The van der Waals surface area contributed by atoms with Gasteiger partial charge in [-0.15, -0.1) is 24.8 Å². The van der Waals surface area contributed by atoms with Gasteiger partial charge in [0.2, 0.25) is 0 Å². The fourth-order valence-corrected chi connectivity index (χ4v) is 2.30. The second-order valence-corrected chi connectivity index (χ2v) is 5.46. The molecule has 1 atom stereocenters. The van der Waals surface area contributed by atoms with E-state index >= 15 is 0 Å². The van der Waals surface area contributed by atoms with Crippen LogP contribution in [0.25, 0.3) is 0 Å². The fraction of sp³-hybridized carbons (Fsp3) is 0.562. The Hall–Kier alpha value is -0.980. The summed E-state index contributed by atoms with van der Waals surface area (Å²) in [6, 6.07) is 5.24. The standard InChI is InChI=1S/C16H24F3N3.2ClH/c1-12(21)22-15(5-3-2-4-10-20)11-13-6-8-14(9-7-13)16(17,18)19;;/h6-9,15H,2-5,10-11,20H2,1H3,(H2,21,22);2*1H. The summed E-state index contributed by atoms with van der Waals surface area (Å²) >= 11 is 0. The Bertz CT molecular complexity index is 472. The van der Waals surface area contributed by atoms with Gasteiger partial charge >= 0.3 is 6.18 Å². The molecule has 0 radical (unpaired) electrons. The molecular formula is C16H26Cl2F3N3. The lowest BCUT2D eigenvalue weighted by Gasteiger charge is -2.14. The number of hydrogen-bond acceptors (Lipinski definition) is 2. The number of benzene rings is 1. The first-order valence-electron chi connectivity index (χ1n) is 7.49. The lowest BCUT2D eigenvalue weighted by Crippen LogP contribution is -2.16. The van der Waals surface area contributed by atoms with Crippen molar-refractivity contribution in [2.75, 3.05) is 6.54 Å². The molecule has 0 heterocycles. The molecule has 140 valence electrons. The Labute approximate surface area is 153 Å². The third kappa shape index (κ3) is 10.0. The summed E-state index contributed by atoms with van der Waals surface area (Å²) in [6.45, 7) is 2.39. The number of nitrogens with zero attached hydrogens (tertiary/aromatic N) is 1. The van der Waals surface area contributed by atoms with Crippen molar-refractivity contribution in [3.05, 3.63) is 35.4 Å². The van der Waals surface area contributed by atoms with Crippen LogP contribution in [0.2, 0.25) is 0 Å². The molecule has 0 aliphatic heterocycles. The van der Waals surface area contributed by atoms with Crippen LogP contribution in [0.15, 0.2) is 29.3 Å². The molecule has 0 spiro atoms. The van der Waals surface area contributed by atoms with Gasteiger partial charge in [0.25, 0.3) is 0 Å². The van der Waals surface area contributed by atoms with Gasteiger partial charge in [-0.05, 0) is 50.4 Å². The van der Waals surface area contributed by atoms with Crippen molar-refractivity contribution in [2.45, 2.75) is 51.2 Å². The first-order chi connectivity index (χ1) is 10.3. The van der Waals surface area contributed by atoms with Crippen LogP contribution in [-0.4, -0.2) is 18.4 Å². The lowest BCUT2D eigenvalue weighted by atomic mass is 9.99. The van der Waals surface area contributed by atoms with Gasteiger partial charge in [-0.2, -0.15) is 13.2 Å². The van der Waals surface area contributed by atoms with Gasteiger partial charge in [0, 0.05) is 0 Å². The zero-order chi connectivity index (χ0) is 16.6. The molecule has 0 aromatic heterocycles. The Morgan fingerprint density at radius 3 is 2.12 bits per heavy atom. The van der Waals surface area contributed by atoms with Crippen molar-refractivity contribution in [2.24, 2.45) is 16.5 Å². The maximum absolute atomic E-state index is 12.5. The van der Waals surface area contributed by atoms with E-state index in [1.807, 2.05) is 0 Å². The van der Waals surface area contributed by atoms with E-state index in [9.17, 15) is 13.2 Å². The average Bonchev–Trinajstić information content (AvgIpc) is 2.42. The van der Waals surface area contributed by atoms with Crippen molar-refractivity contribution in [1.29, 1.82) is 0 Å². The minimum Gasteiger partial charge on any atom is -0.388 e. The normalized spacial score (nSPS) is 13.0. The van der Waals surface area contributed by atoms with E-state index in [1.54, 1.807) is 6.92 Å². The number of alkyl halides is 3. The number of nitrogens with two attached hydrogens (primary N) is 2. The Morgan fingerprint density at radius 2 is 1.67 bits per heavy atom. The minimum absolute atomic E-state index is 0. The second kappa shape index (κ2) is 12.4. The average molecular weight is 388 g/mol. The molecule has 0 saturated carbocycles. The summed E-state index contributed by atoms with van der Waals surface area (Å²) in [5, 5.41) is 0. The Balaban J connectivity index is 0. The first-order valence-corrected chi connectivity index (χ1v) is 7.49. The highest BCUT2D eigenvalue weighted by Gasteiger charge is 2.29. The maximum Gasteiger partial charge on any atom is 0.416 e. The molecule has 0 aliphatic rings. The molecule has 1 aromatic rings. The van der Waals surface area contributed by atoms with Crippen molar-refractivity contribution in [1.82, 2.24) is 0 Å². The molecule has 0 aliphatic carbocycles. The van der Waals surface area contributed by atoms with Gasteiger partial charge in [0.05, 0.1) is 17.4 Å². The number of rotatable bonds is 8. The van der Waals surface area contributed by atoms with Crippen LogP contribution in [0.5, 0.6) is 0 Å². The number of aliphatic imine (C=N–C) groups is 1. The van der Waals surface area contributed by atoms with Crippen LogP contribution >= 0.6 is 24.8 Å². The zero-order valence-electron chi connectivity index (χ0n) is 13.7. The topological polar surface area (TPSA) is 64.4 Å². The highest BCUT2D eigenvalue weighted by molar-refractivity contribution is 5.85. The van der Waals surface area contributed by atoms with Crippen LogP contribution in [0.1, 0.15) is 43.7 Å². The van der Waals surface area contributed by atoms with Gasteiger partial charge in [-0.3, -0.25) is 4.99 Å². The Morgan fingerprint density at radius 1 is 1.08 bits per heavy atom. The van der Waals surface area contributed by atoms with Crippen molar-refractivity contribution in [3.63, 3.8) is 0 Å². The molecule has 8 heteroatoms. The van der Waals surface area contributed by atoms with Crippen LogP contribution in [0.4, 0.5) is 13.2 Å². The third-order valence-electron chi connectivity index (χ3n) is 3.38. The minimum atomic E-state index is -4.30. The summed E-state index contributed by atoms with van der Waals surface area (Å²) in [5.74, 6) is 0.496. The molecule has 0 fully saturated rings. The molecule has 3 nitrogen and oxygen atoms in total. The number of amidine groups is 1. The molecule has 0 amide bonds. The van der Waals surface area contributed by atoms with E-state index in [0.717, 1.165) is 43.4 Å². The predicted octanol–water partition coefficient (Wildman–Crippen LogP) is 4.36. The van der Waals surface area contributed by atoms with Crippen molar-refractivity contribution < 1.29 is 13.2 Å². The summed E-state index contributed by atoms with van der Waals surface area (Å²) in [7, 11) is 0. The molecule has 24 heavy (non-hydrogen) atoms. The third-order valence-corrected chi connectivity index (χ3v) is 3.38. The van der Waals surface area contributed by atoms with Crippen LogP contribution in [-0.2, 0) is 12.6 Å². The van der Waals surface area contributed by atoms with Crippen LogP contribution in [0, 0.1) is 0 Å². The Kier molecular flexibility index (Phi) is 13.0. The molecular weight excluding hydrogens is 362 g/mol. The van der Waals surface area contributed by atoms with Crippen molar-refractivity contribution >= 4 is 30.6 Å². The van der Waals surface area contributed by atoms with Gasteiger partial charge in [0.15, 0.2) is 0 Å². The highest BCUT2D eigenvalue weighted by atomic mass is 35.5. The largest absolute Gasteiger partial charge is 0.416 e.